The lowest BCUT2D eigenvalue weighted by atomic mass is 10.1. The summed E-state index contributed by atoms with van der Waals surface area (Å²) in [7, 11) is 3.17. The lowest BCUT2D eigenvalue weighted by Gasteiger charge is -2.08. The van der Waals surface area contributed by atoms with Crippen molar-refractivity contribution >= 4 is 23.5 Å². The fourth-order valence-electron chi connectivity index (χ4n) is 2.28. The van der Waals surface area contributed by atoms with Crippen molar-refractivity contribution in [1.82, 2.24) is 4.98 Å². The summed E-state index contributed by atoms with van der Waals surface area (Å²) in [5.74, 6) is -0.443. The highest BCUT2D eigenvalue weighted by atomic mass is 32.1. The minimum atomic E-state index is -0.868. The van der Waals surface area contributed by atoms with Crippen LogP contribution in [0.25, 0.3) is 23.4 Å². The number of hydrogen-bond donors (Lipinski definition) is 0. The first-order valence-corrected chi connectivity index (χ1v) is 8.29. The third-order valence-corrected chi connectivity index (χ3v) is 4.37. The zero-order valence-electron chi connectivity index (χ0n) is 13.6. The topological polar surface area (TPSA) is 31.4 Å². The molecule has 3 aromatic rings. The Morgan fingerprint density at radius 1 is 0.920 bits per heavy atom. The zero-order valence-corrected chi connectivity index (χ0v) is 14.4. The van der Waals surface area contributed by atoms with Gasteiger partial charge in [-0.05, 0) is 42.0 Å². The summed E-state index contributed by atoms with van der Waals surface area (Å²) in [6.45, 7) is 0. The van der Waals surface area contributed by atoms with Crippen molar-refractivity contribution in [1.29, 1.82) is 0 Å². The minimum Gasteiger partial charge on any atom is -0.493 e. The maximum Gasteiger partial charge on any atom is 0.161 e. The van der Waals surface area contributed by atoms with Crippen LogP contribution in [0.5, 0.6) is 11.5 Å². The van der Waals surface area contributed by atoms with Crippen LogP contribution in [-0.2, 0) is 0 Å². The number of aromatic nitrogens is 1. The van der Waals surface area contributed by atoms with E-state index in [1.165, 1.54) is 17.4 Å². The Bertz CT molecular complexity index is 922. The summed E-state index contributed by atoms with van der Waals surface area (Å²) in [5.41, 5.74) is 2.28. The number of rotatable bonds is 5. The molecule has 0 saturated heterocycles. The molecule has 0 atom stereocenters. The standard InChI is InChI=1S/C19H15F2NO2S/c1-23-17-7-5-13(10-18(17)24-2)16-11-25-19(22-16)8-4-12-3-6-14(20)15(21)9-12/h3-11H,1-2H3/b8-4+. The molecule has 25 heavy (non-hydrogen) atoms. The molecule has 3 rings (SSSR count). The van der Waals surface area contributed by atoms with Gasteiger partial charge in [-0.3, -0.25) is 0 Å². The summed E-state index contributed by atoms with van der Waals surface area (Å²) in [6.07, 6.45) is 3.46. The Morgan fingerprint density at radius 2 is 1.72 bits per heavy atom. The van der Waals surface area contributed by atoms with E-state index in [1.54, 1.807) is 26.4 Å². The Hall–Kier alpha value is -2.73. The molecule has 1 aromatic heterocycles. The van der Waals surface area contributed by atoms with Crippen LogP contribution in [0.4, 0.5) is 8.78 Å². The molecule has 0 bridgehead atoms. The van der Waals surface area contributed by atoms with Crippen LogP contribution < -0.4 is 9.47 Å². The number of halogens is 2. The van der Waals surface area contributed by atoms with E-state index >= 15 is 0 Å². The van der Waals surface area contributed by atoms with Gasteiger partial charge < -0.3 is 9.47 Å². The molecule has 0 fully saturated rings. The van der Waals surface area contributed by atoms with Gasteiger partial charge in [0.15, 0.2) is 23.1 Å². The third kappa shape index (κ3) is 3.85. The number of ether oxygens (including phenoxy) is 2. The Labute approximate surface area is 148 Å². The second-order valence-corrected chi connectivity index (χ2v) is 6.04. The van der Waals surface area contributed by atoms with E-state index in [1.807, 2.05) is 23.6 Å². The van der Waals surface area contributed by atoms with Gasteiger partial charge in [-0.15, -0.1) is 11.3 Å². The van der Waals surface area contributed by atoms with Gasteiger partial charge in [0.1, 0.15) is 5.01 Å². The monoisotopic (exact) mass is 359 g/mol. The van der Waals surface area contributed by atoms with Crippen LogP contribution in [0.2, 0.25) is 0 Å². The molecule has 0 spiro atoms. The summed E-state index contributed by atoms with van der Waals surface area (Å²) in [4.78, 5) is 4.53. The highest BCUT2D eigenvalue weighted by Gasteiger charge is 2.08. The number of methoxy groups -OCH3 is 2. The van der Waals surface area contributed by atoms with E-state index in [9.17, 15) is 8.78 Å². The van der Waals surface area contributed by atoms with Crippen molar-refractivity contribution in [3.05, 3.63) is 64.0 Å². The predicted octanol–water partition coefficient (Wildman–Crippen LogP) is 5.28. The molecule has 1 heterocycles. The van der Waals surface area contributed by atoms with Crippen LogP contribution in [0.3, 0.4) is 0 Å². The summed E-state index contributed by atoms with van der Waals surface area (Å²) < 4.78 is 36.7. The highest BCUT2D eigenvalue weighted by Crippen LogP contribution is 2.32. The number of benzene rings is 2. The molecule has 0 N–H and O–H groups in total. The number of thiazole rings is 1. The minimum absolute atomic E-state index is 0.571. The maximum atomic E-state index is 13.2. The van der Waals surface area contributed by atoms with Crippen molar-refractivity contribution in [3.63, 3.8) is 0 Å². The van der Waals surface area contributed by atoms with Gasteiger partial charge in [-0.1, -0.05) is 12.1 Å². The molecule has 0 radical (unpaired) electrons. The van der Waals surface area contributed by atoms with Gasteiger partial charge in [0.2, 0.25) is 0 Å². The first-order chi connectivity index (χ1) is 12.1. The Morgan fingerprint density at radius 3 is 2.44 bits per heavy atom. The molecule has 128 valence electrons. The van der Waals surface area contributed by atoms with Crippen LogP contribution >= 0.6 is 11.3 Å². The first kappa shape index (κ1) is 17.1. The van der Waals surface area contributed by atoms with Crippen molar-refractivity contribution < 1.29 is 18.3 Å². The molecule has 0 aliphatic heterocycles. The third-order valence-electron chi connectivity index (χ3n) is 3.56. The van der Waals surface area contributed by atoms with E-state index in [-0.39, 0.29) is 0 Å². The fraction of sp³-hybridized carbons (Fsp3) is 0.105. The number of nitrogens with zero attached hydrogens (tertiary/aromatic N) is 1. The van der Waals surface area contributed by atoms with E-state index in [2.05, 4.69) is 4.98 Å². The Balaban J connectivity index is 1.82. The first-order valence-electron chi connectivity index (χ1n) is 7.42. The molecular weight excluding hydrogens is 344 g/mol. The second-order valence-electron chi connectivity index (χ2n) is 5.15. The molecule has 0 saturated carbocycles. The average Bonchev–Trinajstić information content (AvgIpc) is 3.11. The molecule has 2 aromatic carbocycles. The quantitative estimate of drug-likeness (QED) is 0.621. The average molecular weight is 359 g/mol. The second kappa shape index (κ2) is 7.44. The SMILES string of the molecule is COc1ccc(-c2csc(/C=C/c3ccc(F)c(F)c3)n2)cc1OC. The van der Waals surface area contributed by atoms with Gasteiger partial charge in [0, 0.05) is 10.9 Å². The fourth-order valence-corrected chi connectivity index (χ4v) is 2.99. The van der Waals surface area contributed by atoms with Crippen LogP contribution in [-0.4, -0.2) is 19.2 Å². The highest BCUT2D eigenvalue weighted by molar-refractivity contribution is 7.10. The summed E-state index contributed by atoms with van der Waals surface area (Å²) in [6, 6.07) is 9.35. The van der Waals surface area contributed by atoms with Crippen molar-refractivity contribution in [2.75, 3.05) is 14.2 Å². The summed E-state index contributed by atoms with van der Waals surface area (Å²) in [5, 5.41) is 2.68. The lowest BCUT2D eigenvalue weighted by Crippen LogP contribution is -1.90. The van der Waals surface area contributed by atoms with Crippen LogP contribution in [0, 0.1) is 11.6 Å². The molecule has 3 nitrogen and oxygen atoms in total. The van der Waals surface area contributed by atoms with E-state index < -0.39 is 11.6 Å². The molecule has 0 unspecified atom stereocenters. The van der Waals surface area contributed by atoms with E-state index in [0.717, 1.165) is 28.4 Å². The van der Waals surface area contributed by atoms with Gasteiger partial charge in [-0.2, -0.15) is 0 Å². The lowest BCUT2D eigenvalue weighted by molar-refractivity contribution is 0.355. The van der Waals surface area contributed by atoms with Crippen LogP contribution in [0.15, 0.2) is 41.8 Å². The molecule has 0 amide bonds. The van der Waals surface area contributed by atoms with Crippen molar-refractivity contribution in [2.24, 2.45) is 0 Å². The normalized spacial score (nSPS) is 11.0. The van der Waals surface area contributed by atoms with Crippen molar-refractivity contribution in [3.8, 4) is 22.8 Å². The van der Waals surface area contributed by atoms with Crippen molar-refractivity contribution in [2.45, 2.75) is 0 Å². The molecular formula is C19H15F2NO2S. The Kier molecular flexibility index (Phi) is 5.09. The van der Waals surface area contributed by atoms with Gasteiger partial charge in [0.25, 0.3) is 0 Å². The van der Waals surface area contributed by atoms with E-state index in [4.69, 9.17) is 9.47 Å². The zero-order chi connectivity index (χ0) is 17.8. The smallest absolute Gasteiger partial charge is 0.161 e. The van der Waals surface area contributed by atoms with E-state index in [0.29, 0.717) is 17.1 Å². The van der Waals surface area contributed by atoms with Crippen LogP contribution in [0.1, 0.15) is 10.6 Å². The summed E-state index contributed by atoms with van der Waals surface area (Å²) >= 11 is 1.46. The number of hydrogen-bond acceptors (Lipinski definition) is 4. The molecule has 6 heteroatoms. The van der Waals surface area contributed by atoms with Gasteiger partial charge in [-0.25, -0.2) is 13.8 Å². The molecule has 0 aliphatic rings. The van der Waals surface area contributed by atoms with Gasteiger partial charge in [0.05, 0.1) is 19.9 Å². The predicted molar refractivity (Wildman–Crippen MR) is 95.9 cm³/mol. The maximum absolute atomic E-state index is 13.2. The molecule has 0 aliphatic carbocycles. The largest absolute Gasteiger partial charge is 0.493 e. The van der Waals surface area contributed by atoms with Gasteiger partial charge >= 0.3 is 0 Å².